The molecule has 0 aromatic heterocycles. The molecule has 1 saturated carbocycles. The molecule has 15 heavy (non-hydrogen) atoms. The Labute approximate surface area is 96.5 Å². The van der Waals surface area contributed by atoms with Crippen LogP contribution in [0.25, 0.3) is 0 Å². The van der Waals surface area contributed by atoms with Crippen molar-refractivity contribution in [3.05, 3.63) is 24.3 Å². The summed E-state index contributed by atoms with van der Waals surface area (Å²) in [6.45, 7) is 12.6. The van der Waals surface area contributed by atoms with Gasteiger partial charge in [0.05, 0.1) is 0 Å². The van der Waals surface area contributed by atoms with Crippen molar-refractivity contribution in [2.45, 2.75) is 59.8 Å². The van der Waals surface area contributed by atoms with Gasteiger partial charge in [-0.3, -0.25) is 0 Å². The summed E-state index contributed by atoms with van der Waals surface area (Å²) in [7, 11) is 0. The molecule has 0 heterocycles. The summed E-state index contributed by atoms with van der Waals surface area (Å²) < 4.78 is 0. The smallest absolute Gasteiger partial charge is 0.0165 e. The van der Waals surface area contributed by atoms with Crippen LogP contribution in [-0.2, 0) is 0 Å². The first-order valence-corrected chi connectivity index (χ1v) is 6.48. The lowest BCUT2D eigenvalue weighted by Gasteiger charge is -2.26. The second-order valence-corrected chi connectivity index (χ2v) is 4.66. The molecule has 1 aliphatic rings. The lowest BCUT2D eigenvalue weighted by Crippen LogP contribution is -2.13. The van der Waals surface area contributed by atoms with Gasteiger partial charge in [-0.15, -0.1) is 0 Å². The first kappa shape index (κ1) is 14.5. The van der Waals surface area contributed by atoms with Crippen LogP contribution in [-0.4, -0.2) is 0 Å². The third-order valence-corrected chi connectivity index (χ3v) is 3.06. The van der Waals surface area contributed by atoms with Crippen LogP contribution in [0, 0.1) is 11.8 Å². The molecule has 0 aromatic carbocycles. The highest BCUT2D eigenvalue weighted by molar-refractivity contribution is 5.19. The van der Waals surface area contributed by atoms with Crippen molar-refractivity contribution in [3.8, 4) is 0 Å². The van der Waals surface area contributed by atoms with E-state index in [9.17, 15) is 0 Å². The summed E-state index contributed by atoms with van der Waals surface area (Å²) in [6, 6.07) is 0. The highest BCUT2D eigenvalue weighted by atomic mass is 14.2. The zero-order valence-electron chi connectivity index (χ0n) is 11.1. The molecule has 0 aliphatic heterocycles. The third-order valence-electron chi connectivity index (χ3n) is 3.06. The average Bonchev–Trinajstić information content (AvgIpc) is 2.24. The van der Waals surface area contributed by atoms with Crippen LogP contribution in [0.1, 0.15) is 59.8 Å². The molecule has 1 aliphatic carbocycles. The Hall–Kier alpha value is -0.520. The summed E-state index contributed by atoms with van der Waals surface area (Å²) in [6.07, 6.45) is 11.0. The zero-order chi connectivity index (χ0) is 11.7. The van der Waals surface area contributed by atoms with Crippen LogP contribution in [0.15, 0.2) is 24.3 Å². The molecule has 0 nitrogen and oxygen atoms in total. The van der Waals surface area contributed by atoms with Crippen LogP contribution in [0.3, 0.4) is 0 Å². The monoisotopic (exact) mass is 208 g/mol. The fourth-order valence-electron chi connectivity index (χ4n) is 2.11. The van der Waals surface area contributed by atoms with E-state index in [1.807, 2.05) is 6.08 Å². The molecule has 0 aromatic rings. The molecule has 0 unspecified atom stereocenters. The van der Waals surface area contributed by atoms with Crippen molar-refractivity contribution in [3.63, 3.8) is 0 Å². The molecule has 88 valence electrons. The number of rotatable bonds is 2. The molecule has 0 radical (unpaired) electrons. The van der Waals surface area contributed by atoms with Gasteiger partial charge < -0.3 is 0 Å². The van der Waals surface area contributed by atoms with Crippen molar-refractivity contribution in [2.75, 3.05) is 0 Å². The first-order valence-electron chi connectivity index (χ1n) is 6.48. The highest BCUT2D eigenvalue weighted by Gasteiger charge is 2.19. The standard InChI is InChI=1S/C12H20.C3H8/c1-4-11(5-2)12-8-6-10(3)7-9-12;1-3-2/h4-5,10,12H,1,6-9H2,2-3H3;3H2,1-2H3/b11-5+;. The van der Waals surface area contributed by atoms with Gasteiger partial charge in [-0.1, -0.05) is 58.8 Å². The van der Waals surface area contributed by atoms with E-state index >= 15 is 0 Å². The van der Waals surface area contributed by atoms with Crippen LogP contribution in [0.4, 0.5) is 0 Å². The maximum atomic E-state index is 3.86. The Morgan fingerprint density at radius 1 is 1.20 bits per heavy atom. The zero-order valence-corrected chi connectivity index (χ0v) is 11.1. The van der Waals surface area contributed by atoms with Gasteiger partial charge in [-0.2, -0.15) is 0 Å². The van der Waals surface area contributed by atoms with Gasteiger partial charge in [0.2, 0.25) is 0 Å². The lowest BCUT2D eigenvalue weighted by molar-refractivity contribution is 0.323. The van der Waals surface area contributed by atoms with Crippen molar-refractivity contribution < 1.29 is 0 Å². The minimum atomic E-state index is 0.809. The molecule has 0 bridgehead atoms. The predicted octanol–water partition coefficient (Wildman–Crippen LogP) is 5.36. The van der Waals surface area contributed by atoms with Crippen LogP contribution in [0.5, 0.6) is 0 Å². The molecule has 0 saturated heterocycles. The molecule has 0 atom stereocenters. The Balaban J connectivity index is 0.000000583. The minimum absolute atomic E-state index is 0.809. The Morgan fingerprint density at radius 3 is 2.00 bits per heavy atom. The van der Waals surface area contributed by atoms with Crippen molar-refractivity contribution >= 4 is 0 Å². The van der Waals surface area contributed by atoms with Gasteiger partial charge in [0.25, 0.3) is 0 Å². The topological polar surface area (TPSA) is 0 Å². The second-order valence-electron chi connectivity index (χ2n) is 4.66. The third kappa shape index (κ3) is 5.81. The summed E-state index contributed by atoms with van der Waals surface area (Å²) in [5, 5.41) is 0. The van der Waals surface area contributed by atoms with E-state index in [0.29, 0.717) is 0 Å². The van der Waals surface area contributed by atoms with Gasteiger partial charge in [0, 0.05) is 0 Å². The van der Waals surface area contributed by atoms with Gasteiger partial charge in [0.15, 0.2) is 0 Å². The summed E-state index contributed by atoms with van der Waals surface area (Å²) >= 11 is 0. The largest absolute Gasteiger partial charge is 0.0988 e. The SMILES string of the molecule is C=C/C(=C\C)C1CCC(C)CC1.CCC. The molecule has 0 amide bonds. The molecule has 0 N–H and O–H groups in total. The summed E-state index contributed by atoms with van der Waals surface area (Å²) in [5.74, 6) is 1.76. The van der Waals surface area contributed by atoms with E-state index in [-0.39, 0.29) is 0 Å². The fourth-order valence-corrected chi connectivity index (χ4v) is 2.11. The molecule has 0 heteroatoms. The minimum Gasteiger partial charge on any atom is -0.0988 e. The highest BCUT2D eigenvalue weighted by Crippen LogP contribution is 2.33. The van der Waals surface area contributed by atoms with E-state index in [0.717, 1.165) is 11.8 Å². The Kier molecular flexibility index (Phi) is 8.46. The quantitative estimate of drug-likeness (QED) is 0.536. The summed E-state index contributed by atoms with van der Waals surface area (Å²) in [5.41, 5.74) is 1.46. The number of hydrogen-bond acceptors (Lipinski definition) is 0. The van der Waals surface area contributed by atoms with E-state index < -0.39 is 0 Å². The second kappa shape index (κ2) is 8.76. The maximum Gasteiger partial charge on any atom is -0.0165 e. The molecule has 1 rings (SSSR count). The molecular weight excluding hydrogens is 180 g/mol. The Morgan fingerprint density at radius 2 is 1.67 bits per heavy atom. The van der Waals surface area contributed by atoms with Crippen molar-refractivity contribution in [1.82, 2.24) is 0 Å². The van der Waals surface area contributed by atoms with Crippen LogP contribution >= 0.6 is 0 Å². The fraction of sp³-hybridized carbons (Fsp3) is 0.733. The van der Waals surface area contributed by atoms with E-state index in [1.54, 1.807) is 0 Å². The molecule has 1 fully saturated rings. The first-order chi connectivity index (χ1) is 7.19. The van der Waals surface area contributed by atoms with Gasteiger partial charge >= 0.3 is 0 Å². The lowest BCUT2D eigenvalue weighted by atomic mass is 9.79. The maximum absolute atomic E-state index is 3.86. The van der Waals surface area contributed by atoms with Gasteiger partial charge in [-0.25, -0.2) is 0 Å². The van der Waals surface area contributed by atoms with Crippen molar-refractivity contribution in [1.29, 1.82) is 0 Å². The van der Waals surface area contributed by atoms with Crippen molar-refractivity contribution in [2.24, 2.45) is 11.8 Å². The number of hydrogen-bond donors (Lipinski definition) is 0. The van der Waals surface area contributed by atoms with Gasteiger partial charge in [-0.05, 0) is 37.2 Å². The predicted molar refractivity (Wildman–Crippen MR) is 71.0 cm³/mol. The van der Waals surface area contributed by atoms with Gasteiger partial charge in [0.1, 0.15) is 0 Å². The van der Waals surface area contributed by atoms with E-state index in [1.165, 1.54) is 37.7 Å². The normalized spacial score (nSPS) is 26.5. The van der Waals surface area contributed by atoms with E-state index in [4.69, 9.17) is 0 Å². The van der Waals surface area contributed by atoms with Crippen LogP contribution < -0.4 is 0 Å². The number of allylic oxidation sites excluding steroid dienone is 3. The Bertz CT molecular complexity index is 180. The molecule has 0 spiro atoms. The van der Waals surface area contributed by atoms with E-state index in [2.05, 4.69) is 40.3 Å². The molecular formula is C15H28. The summed E-state index contributed by atoms with van der Waals surface area (Å²) in [4.78, 5) is 0. The van der Waals surface area contributed by atoms with Crippen LogP contribution in [0.2, 0.25) is 0 Å². The average molecular weight is 208 g/mol.